The van der Waals surface area contributed by atoms with Gasteiger partial charge in [0.2, 0.25) is 0 Å². The van der Waals surface area contributed by atoms with Crippen molar-refractivity contribution >= 4 is 5.97 Å². The Bertz CT molecular complexity index is 494. The molecule has 0 amide bonds. The Hall–Kier alpha value is -1.72. The summed E-state index contributed by atoms with van der Waals surface area (Å²) < 4.78 is 19.1. The fourth-order valence-electron chi connectivity index (χ4n) is 1.67. The summed E-state index contributed by atoms with van der Waals surface area (Å²) in [4.78, 5) is 23.1. The van der Waals surface area contributed by atoms with Crippen LogP contribution in [0.25, 0.3) is 0 Å². The van der Waals surface area contributed by atoms with Crippen molar-refractivity contribution in [1.82, 2.24) is 9.78 Å². The van der Waals surface area contributed by atoms with Crippen LogP contribution in [0.5, 0.6) is 0 Å². The molecule has 0 N–H and O–H groups in total. The van der Waals surface area contributed by atoms with Crippen molar-refractivity contribution in [3.05, 3.63) is 27.9 Å². The summed E-state index contributed by atoms with van der Waals surface area (Å²) >= 11 is 0. The van der Waals surface area contributed by atoms with Gasteiger partial charge in [0.05, 0.1) is 18.4 Å². The quantitative estimate of drug-likeness (QED) is 0.731. The lowest BCUT2D eigenvalue weighted by molar-refractivity contribution is -0.144. The highest BCUT2D eigenvalue weighted by Crippen LogP contribution is 2.39. The molecular formula is C11H13FN2O3. The monoisotopic (exact) mass is 240 g/mol. The number of hydrogen-bond acceptors (Lipinski definition) is 4. The van der Waals surface area contributed by atoms with E-state index in [9.17, 15) is 14.0 Å². The van der Waals surface area contributed by atoms with Crippen LogP contribution in [0.2, 0.25) is 0 Å². The normalized spacial score (nSPS) is 14.7. The van der Waals surface area contributed by atoms with Crippen molar-refractivity contribution in [2.75, 3.05) is 6.61 Å². The largest absolute Gasteiger partial charge is 0.465 e. The fraction of sp³-hybridized carbons (Fsp3) is 0.545. The van der Waals surface area contributed by atoms with E-state index < -0.39 is 17.3 Å². The molecule has 0 bridgehead atoms. The smallest absolute Gasteiger partial charge is 0.327 e. The SMILES string of the molecule is CCOC(=O)Cn1ncc(F)c(C2CC2)c1=O. The average molecular weight is 240 g/mol. The van der Waals surface area contributed by atoms with Crippen LogP contribution in [-0.4, -0.2) is 22.4 Å². The van der Waals surface area contributed by atoms with Crippen LogP contribution in [0.3, 0.4) is 0 Å². The van der Waals surface area contributed by atoms with Gasteiger partial charge >= 0.3 is 5.97 Å². The molecule has 1 saturated carbocycles. The third kappa shape index (κ3) is 2.51. The molecule has 6 heteroatoms. The zero-order chi connectivity index (χ0) is 12.4. The minimum absolute atomic E-state index is 0.0149. The van der Waals surface area contributed by atoms with Gasteiger partial charge in [-0.2, -0.15) is 5.10 Å². The highest BCUT2D eigenvalue weighted by Gasteiger charge is 2.30. The lowest BCUT2D eigenvalue weighted by Gasteiger charge is -2.06. The van der Waals surface area contributed by atoms with E-state index in [1.165, 1.54) is 0 Å². The van der Waals surface area contributed by atoms with E-state index in [0.717, 1.165) is 23.7 Å². The molecule has 0 radical (unpaired) electrons. The summed E-state index contributed by atoms with van der Waals surface area (Å²) in [6.07, 6.45) is 2.61. The van der Waals surface area contributed by atoms with Crippen molar-refractivity contribution in [3.8, 4) is 0 Å². The first kappa shape index (κ1) is 11.8. The van der Waals surface area contributed by atoms with Gasteiger partial charge in [-0.1, -0.05) is 0 Å². The summed E-state index contributed by atoms with van der Waals surface area (Å²) in [6, 6.07) is 0. The van der Waals surface area contributed by atoms with Crippen molar-refractivity contribution in [3.63, 3.8) is 0 Å². The van der Waals surface area contributed by atoms with Gasteiger partial charge < -0.3 is 4.74 Å². The van der Waals surface area contributed by atoms with E-state index in [1.807, 2.05) is 0 Å². The van der Waals surface area contributed by atoms with E-state index >= 15 is 0 Å². The first-order valence-electron chi connectivity index (χ1n) is 5.54. The third-order valence-electron chi connectivity index (χ3n) is 2.60. The van der Waals surface area contributed by atoms with Gasteiger partial charge in [0, 0.05) is 0 Å². The zero-order valence-corrected chi connectivity index (χ0v) is 9.48. The number of rotatable bonds is 4. The Kier molecular flexibility index (Phi) is 3.21. The molecule has 5 nitrogen and oxygen atoms in total. The minimum atomic E-state index is -0.586. The second-order valence-corrected chi connectivity index (χ2v) is 3.95. The van der Waals surface area contributed by atoms with Crippen molar-refractivity contribution < 1.29 is 13.9 Å². The van der Waals surface area contributed by atoms with Gasteiger partial charge in [-0.3, -0.25) is 9.59 Å². The molecule has 0 aromatic carbocycles. The van der Waals surface area contributed by atoms with Gasteiger partial charge in [0.25, 0.3) is 5.56 Å². The molecule has 1 aromatic rings. The molecule has 92 valence electrons. The van der Waals surface area contributed by atoms with Crippen molar-refractivity contribution in [2.24, 2.45) is 0 Å². The third-order valence-corrected chi connectivity index (χ3v) is 2.60. The zero-order valence-electron chi connectivity index (χ0n) is 9.48. The summed E-state index contributed by atoms with van der Waals surface area (Å²) in [5.74, 6) is -1.15. The molecule has 17 heavy (non-hydrogen) atoms. The highest BCUT2D eigenvalue weighted by molar-refractivity contribution is 5.68. The molecule has 0 atom stereocenters. The molecule has 2 rings (SSSR count). The Balaban J connectivity index is 2.26. The molecule has 0 saturated heterocycles. The lowest BCUT2D eigenvalue weighted by Crippen LogP contribution is -2.30. The van der Waals surface area contributed by atoms with Crippen molar-refractivity contribution in [2.45, 2.75) is 32.2 Å². The first-order chi connectivity index (χ1) is 8.13. The van der Waals surface area contributed by atoms with E-state index in [0.29, 0.717) is 0 Å². The van der Waals surface area contributed by atoms with Crippen LogP contribution in [0, 0.1) is 5.82 Å². The number of hydrogen-bond donors (Lipinski definition) is 0. The Morgan fingerprint density at radius 1 is 1.65 bits per heavy atom. The molecule has 1 heterocycles. The summed E-state index contributed by atoms with van der Waals surface area (Å²) in [6.45, 7) is 1.64. The fourth-order valence-corrected chi connectivity index (χ4v) is 1.67. The number of ether oxygens (including phenoxy) is 1. The Morgan fingerprint density at radius 3 is 2.94 bits per heavy atom. The predicted octanol–water partition coefficient (Wildman–Crippen LogP) is 0.823. The lowest BCUT2D eigenvalue weighted by atomic mass is 10.2. The second kappa shape index (κ2) is 4.65. The van der Waals surface area contributed by atoms with Crippen LogP contribution in [-0.2, 0) is 16.1 Å². The molecule has 1 aliphatic carbocycles. The molecular weight excluding hydrogens is 227 g/mol. The molecule has 1 fully saturated rings. The number of halogens is 1. The number of carbonyl (C=O) groups is 1. The van der Waals surface area contributed by atoms with E-state index in [4.69, 9.17) is 4.74 Å². The number of nitrogens with zero attached hydrogens (tertiary/aromatic N) is 2. The molecule has 0 spiro atoms. The van der Waals surface area contributed by atoms with Crippen LogP contribution in [0.1, 0.15) is 31.2 Å². The van der Waals surface area contributed by atoms with Crippen LogP contribution in [0.4, 0.5) is 4.39 Å². The maximum Gasteiger partial charge on any atom is 0.327 e. The van der Waals surface area contributed by atoms with Gasteiger partial charge in [-0.15, -0.1) is 0 Å². The summed E-state index contributed by atoms with van der Waals surface area (Å²) in [5, 5.41) is 3.60. The van der Waals surface area contributed by atoms with Crippen LogP contribution < -0.4 is 5.56 Å². The van der Waals surface area contributed by atoms with Crippen LogP contribution >= 0.6 is 0 Å². The van der Waals surface area contributed by atoms with Crippen LogP contribution in [0.15, 0.2) is 11.0 Å². The van der Waals surface area contributed by atoms with Gasteiger partial charge in [0.15, 0.2) is 5.82 Å². The van der Waals surface area contributed by atoms with Crippen molar-refractivity contribution in [1.29, 1.82) is 0 Å². The van der Waals surface area contributed by atoms with E-state index in [2.05, 4.69) is 5.10 Å². The summed E-state index contributed by atoms with van der Waals surface area (Å²) in [7, 11) is 0. The van der Waals surface area contributed by atoms with E-state index in [-0.39, 0.29) is 24.6 Å². The molecule has 1 aliphatic rings. The maximum atomic E-state index is 13.4. The van der Waals surface area contributed by atoms with Gasteiger partial charge in [-0.25, -0.2) is 9.07 Å². The van der Waals surface area contributed by atoms with Gasteiger partial charge in [-0.05, 0) is 25.7 Å². The Morgan fingerprint density at radius 2 is 2.35 bits per heavy atom. The number of carbonyl (C=O) groups excluding carboxylic acids is 1. The number of aromatic nitrogens is 2. The highest BCUT2D eigenvalue weighted by atomic mass is 19.1. The van der Waals surface area contributed by atoms with E-state index in [1.54, 1.807) is 6.92 Å². The molecule has 1 aromatic heterocycles. The standard InChI is InChI=1S/C11H13FN2O3/c1-2-17-9(15)6-14-11(16)10(7-3-4-7)8(12)5-13-14/h5,7H,2-4,6H2,1H3. The topological polar surface area (TPSA) is 61.2 Å². The number of esters is 1. The average Bonchev–Trinajstić information content (AvgIpc) is 3.07. The minimum Gasteiger partial charge on any atom is -0.465 e. The maximum absolute atomic E-state index is 13.4. The summed E-state index contributed by atoms with van der Waals surface area (Å²) in [5.41, 5.74) is -0.384. The first-order valence-corrected chi connectivity index (χ1v) is 5.54. The predicted molar refractivity (Wildman–Crippen MR) is 57.1 cm³/mol. The molecule has 0 unspecified atom stereocenters. The molecule has 0 aliphatic heterocycles. The second-order valence-electron chi connectivity index (χ2n) is 3.95. The Labute approximate surface area is 97.2 Å². The van der Waals surface area contributed by atoms with Gasteiger partial charge in [0.1, 0.15) is 6.54 Å².